The molecular formula is C44H62N6O10S4. The lowest BCUT2D eigenvalue weighted by molar-refractivity contribution is -0.137. The molecule has 0 saturated carbocycles. The molecule has 352 valence electrons. The van der Waals surface area contributed by atoms with Crippen LogP contribution in [0.4, 0.5) is 22.7 Å². The summed E-state index contributed by atoms with van der Waals surface area (Å²) in [7, 11) is -15.4. The first-order valence-electron chi connectivity index (χ1n) is 21.0. The standard InChI is InChI=1S/C44H62N6O10S4/c1-35-9-16-40(17-10-35)45-62(55,56)31-27-49(24-23-39-34-38(4)15-22-43(39)48-61(53,54)30-7-5-6-8-44(51)52)25-26-50(28-32-63(57,58)46-41-18-11-36(2)12-19-41)29-33-64(59,60)47-42-20-13-37(3)14-21-42/h9-22,34,45-48H,5-8,23-33H2,1-4H3,(H,51,52). The van der Waals surface area contributed by atoms with Crippen molar-refractivity contribution in [3.05, 3.63) is 119 Å². The van der Waals surface area contributed by atoms with E-state index >= 15 is 0 Å². The average molecular weight is 963 g/mol. The molecule has 64 heavy (non-hydrogen) atoms. The van der Waals surface area contributed by atoms with Crippen LogP contribution < -0.4 is 18.9 Å². The maximum Gasteiger partial charge on any atom is 0.303 e. The number of rotatable bonds is 29. The Labute approximate surface area is 380 Å². The lowest BCUT2D eigenvalue weighted by Crippen LogP contribution is -2.42. The van der Waals surface area contributed by atoms with Gasteiger partial charge in [-0.2, -0.15) is 0 Å². The van der Waals surface area contributed by atoms with Crippen molar-refractivity contribution in [1.82, 2.24) is 9.80 Å². The van der Waals surface area contributed by atoms with Gasteiger partial charge in [-0.3, -0.25) is 28.6 Å². The minimum atomic E-state index is -3.87. The number of anilines is 4. The molecule has 0 fully saturated rings. The second-order valence-corrected chi connectivity index (χ2v) is 23.4. The van der Waals surface area contributed by atoms with Gasteiger partial charge < -0.3 is 10.0 Å². The Bertz CT molecular complexity index is 2490. The quantitative estimate of drug-likeness (QED) is 0.0408. The van der Waals surface area contributed by atoms with Crippen LogP contribution in [0, 0.1) is 27.7 Å². The molecule has 0 unspecified atom stereocenters. The van der Waals surface area contributed by atoms with E-state index in [0.29, 0.717) is 47.6 Å². The number of carboxylic acid groups (broad SMARTS) is 1. The van der Waals surface area contributed by atoms with Crippen molar-refractivity contribution in [1.29, 1.82) is 0 Å². The zero-order chi connectivity index (χ0) is 47.0. The van der Waals surface area contributed by atoms with Gasteiger partial charge in [-0.05, 0) is 95.0 Å². The number of hydrogen-bond acceptors (Lipinski definition) is 11. The molecule has 20 heteroatoms. The molecule has 0 aliphatic heterocycles. The molecule has 4 rings (SSSR count). The van der Waals surface area contributed by atoms with Crippen molar-refractivity contribution in [2.24, 2.45) is 0 Å². The largest absolute Gasteiger partial charge is 0.481 e. The molecule has 16 nitrogen and oxygen atoms in total. The summed E-state index contributed by atoms with van der Waals surface area (Å²) in [5, 5.41) is 8.90. The Morgan fingerprint density at radius 3 is 1.23 bits per heavy atom. The average Bonchev–Trinajstić information content (AvgIpc) is 3.21. The first kappa shape index (κ1) is 51.9. The second-order valence-electron chi connectivity index (χ2n) is 16.1. The maximum atomic E-state index is 13.4. The number of benzene rings is 4. The second kappa shape index (κ2) is 24.0. The summed E-state index contributed by atoms with van der Waals surface area (Å²) in [6.45, 7) is 8.13. The molecule has 0 heterocycles. The first-order chi connectivity index (χ1) is 30.1. The van der Waals surface area contributed by atoms with Gasteiger partial charge in [-0.1, -0.05) is 77.2 Å². The van der Waals surface area contributed by atoms with Gasteiger partial charge >= 0.3 is 5.97 Å². The molecule has 0 saturated heterocycles. The highest BCUT2D eigenvalue weighted by atomic mass is 32.2. The Kier molecular flexibility index (Phi) is 19.4. The number of sulfonamides is 4. The number of carbonyl (C=O) groups is 1. The van der Waals surface area contributed by atoms with Crippen LogP contribution in [0.1, 0.15) is 53.5 Å². The summed E-state index contributed by atoms with van der Waals surface area (Å²) in [5.41, 5.74) is 5.97. The van der Waals surface area contributed by atoms with Crippen molar-refractivity contribution in [2.45, 2.75) is 59.8 Å². The number of unbranched alkanes of at least 4 members (excludes halogenated alkanes) is 2. The van der Waals surface area contributed by atoms with Gasteiger partial charge in [0.25, 0.3) is 0 Å². The third-order valence-electron chi connectivity index (χ3n) is 10.3. The van der Waals surface area contributed by atoms with Gasteiger partial charge in [0.2, 0.25) is 40.1 Å². The fourth-order valence-corrected chi connectivity index (χ4v) is 11.0. The number of aliphatic carboxylic acids is 1. The van der Waals surface area contributed by atoms with Crippen molar-refractivity contribution < 1.29 is 43.6 Å². The van der Waals surface area contributed by atoms with Crippen LogP contribution in [0.2, 0.25) is 0 Å². The van der Waals surface area contributed by atoms with Crippen LogP contribution in [0.5, 0.6) is 0 Å². The van der Waals surface area contributed by atoms with Crippen LogP contribution in [0.25, 0.3) is 0 Å². The molecular weight excluding hydrogens is 901 g/mol. The summed E-state index contributed by atoms with van der Waals surface area (Å²) < 4.78 is 117. The van der Waals surface area contributed by atoms with Crippen molar-refractivity contribution in [2.75, 3.05) is 81.2 Å². The molecule has 0 atom stereocenters. The Balaban J connectivity index is 1.54. The van der Waals surface area contributed by atoms with Crippen LogP contribution in [0.3, 0.4) is 0 Å². The van der Waals surface area contributed by atoms with Gasteiger partial charge in [-0.25, -0.2) is 33.7 Å². The van der Waals surface area contributed by atoms with E-state index in [1.54, 1.807) is 89.8 Å². The highest BCUT2D eigenvalue weighted by Crippen LogP contribution is 2.21. The summed E-state index contributed by atoms with van der Waals surface area (Å²) in [6, 6.07) is 26.0. The Morgan fingerprint density at radius 2 is 0.828 bits per heavy atom. The van der Waals surface area contributed by atoms with E-state index in [2.05, 4.69) is 18.9 Å². The predicted octanol–water partition coefficient (Wildman–Crippen LogP) is 5.78. The zero-order valence-corrected chi connectivity index (χ0v) is 40.2. The van der Waals surface area contributed by atoms with Crippen molar-refractivity contribution in [3.63, 3.8) is 0 Å². The minimum absolute atomic E-state index is 0.0392. The number of aryl methyl sites for hydroxylation is 4. The molecule has 0 bridgehead atoms. The zero-order valence-electron chi connectivity index (χ0n) is 36.9. The fourth-order valence-electron chi connectivity index (χ4n) is 6.53. The highest BCUT2D eigenvalue weighted by Gasteiger charge is 2.21. The number of nitrogens with one attached hydrogen (secondary N) is 4. The molecule has 4 aromatic carbocycles. The van der Waals surface area contributed by atoms with E-state index in [1.165, 1.54) is 0 Å². The van der Waals surface area contributed by atoms with Gasteiger partial charge in [0.15, 0.2) is 0 Å². The van der Waals surface area contributed by atoms with E-state index in [4.69, 9.17) is 5.11 Å². The monoisotopic (exact) mass is 962 g/mol. The molecule has 0 aromatic heterocycles. The van der Waals surface area contributed by atoms with Gasteiger partial charge in [0, 0.05) is 62.8 Å². The molecule has 0 radical (unpaired) electrons. The smallest absolute Gasteiger partial charge is 0.303 e. The fraction of sp³-hybridized carbons (Fsp3) is 0.432. The Hall–Kier alpha value is -4.73. The third kappa shape index (κ3) is 20.0. The molecule has 0 spiro atoms. The lowest BCUT2D eigenvalue weighted by Gasteiger charge is -2.28. The number of hydrogen-bond donors (Lipinski definition) is 5. The van der Waals surface area contributed by atoms with Gasteiger partial charge in [-0.15, -0.1) is 0 Å². The van der Waals surface area contributed by atoms with E-state index in [1.807, 2.05) is 38.7 Å². The number of carboxylic acids is 1. The topological polar surface area (TPSA) is 228 Å². The van der Waals surface area contributed by atoms with Gasteiger partial charge in [0.05, 0.1) is 28.7 Å². The summed E-state index contributed by atoms with van der Waals surface area (Å²) in [5.74, 6) is -2.15. The Morgan fingerprint density at radius 1 is 0.453 bits per heavy atom. The van der Waals surface area contributed by atoms with Crippen LogP contribution in [-0.4, -0.2) is 117 Å². The molecule has 5 N–H and O–H groups in total. The maximum absolute atomic E-state index is 13.4. The normalized spacial score (nSPS) is 12.3. The van der Waals surface area contributed by atoms with E-state index < -0.39 is 46.1 Å². The molecule has 0 aliphatic rings. The van der Waals surface area contributed by atoms with E-state index in [9.17, 15) is 38.5 Å². The molecule has 4 aromatic rings. The van der Waals surface area contributed by atoms with Crippen LogP contribution >= 0.6 is 0 Å². The predicted molar refractivity (Wildman–Crippen MR) is 257 cm³/mol. The summed E-state index contributed by atoms with van der Waals surface area (Å²) in [6.07, 6.45) is 1.34. The van der Waals surface area contributed by atoms with Crippen LogP contribution in [-0.2, 0) is 51.3 Å². The minimum Gasteiger partial charge on any atom is -0.481 e. The van der Waals surface area contributed by atoms with Crippen molar-refractivity contribution in [3.8, 4) is 0 Å². The first-order valence-corrected chi connectivity index (χ1v) is 27.6. The molecule has 0 aliphatic carbocycles. The van der Waals surface area contributed by atoms with Crippen LogP contribution in [0.15, 0.2) is 91.0 Å². The lowest BCUT2D eigenvalue weighted by atomic mass is 10.1. The molecule has 0 amide bonds. The highest BCUT2D eigenvalue weighted by molar-refractivity contribution is 7.93. The van der Waals surface area contributed by atoms with E-state index in [-0.39, 0.29) is 75.1 Å². The third-order valence-corrected chi connectivity index (χ3v) is 15.4. The van der Waals surface area contributed by atoms with Gasteiger partial charge in [0.1, 0.15) is 0 Å². The SMILES string of the molecule is Cc1ccc(NS(=O)(=O)CCN(CCc2cc(C)ccc2NS(=O)(=O)CCCCCC(=O)O)CCN(CCS(=O)(=O)Nc2ccc(C)cc2)CCS(=O)(=O)Nc2ccc(C)cc2)cc1. The summed E-state index contributed by atoms with van der Waals surface area (Å²) >= 11 is 0. The van der Waals surface area contributed by atoms with E-state index in [0.717, 1.165) is 22.3 Å². The number of nitrogens with zero attached hydrogens (tertiary/aromatic N) is 2. The summed E-state index contributed by atoms with van der Waals surface area (Å²) in [4.78, 5) is 14.5. The van der Waals surface area contributed by atoms with Crippen molar-refractivity contribution >= 4 is 68.8 Å².